The average molecular weight is 454 g/mol. The third-order valence-corrected chi connectivity index (χ3v) is 5.58. The van der Waals surface area contributed by atoms with E-state index in [4.69, 9.17) is 0 Å². The standard InChI is InChI=1S/C22H23N5O4S/c1-15-8-10-18(11-9-15)26-21(7-4-12-23-16(2)28)24-25-22(26)32-14-20(29)17-5-3-6-19(13-17)27(30)31/h3,5-6,8-11,13H,4,7,12,14H2,1-2H3,(H,23,28). The molecule has 1 amide bonds. The minimum Gasteiger partial charge on any atom is -0.356 e. The highest BCUT2D eigenvalue weighted by molar-refractivity contribution is 7.99. The summed E-state index contributed by atoms with van der Waals surface area (Å²) in [4.78, 5) is 34.2. The Morgan fingerprint density at radius 1 is 1.16 bits per heavy atom. The summed E-state index contributed by atoms with van der Waals surface area (Å²) in [6.07, 6.45) is 1.29. The van der Waals surface area contributed by atoms with Gasteiger partial charge < -0.3 is 5.32 Å². The fraction of sp³-hybridized carbons (Fsp3) is 0.273. The molecule has 0 fully saturated rings. The van der Waals surface area contributed by atoms with Crippen molar-refractivity contribution in [3.8, 4) is 5.69 Å². The highest BCUT2D eigenvalue weighted by Crippen LogP contribution is 2.24. The fourth-order valence-electron chi connectivity index (χ4n) is 3.03. The number of nitro benzene ring substituents is 1. The van der Waals surface area contributed by atoms with Crippen LogP contribution in [0, 0.1) is 17.0 Å². The number of amides is 1. The van der Waals surface area contributed by atoms with Gasteiger partial charge in [0.1, 0.15) is 5.82 Å². The summed E-state index contributed by atoms with van der Waals surface area (Å²) in [7, 11) is 0. The number of carbonyl (C=O) groups is 2. The summed E-state index contributed by atoms with van der Waals surface area (Å²) >= 11 is 1.23. The van der Waals surface area contributed by atoms with Gasteiger partial charge >= 0.3 is 0 Å². The molecule has 166 valence electrons. The molecule has 1 heterocycles. The predicted molar refractivity (Wildman–Crippen MR) is 121 cm³/mol. The second-order valence-corrected chi connectivity index (χ2v) is 8.12. The van der Waals surface area contributed by atoms with Crippen LogP contribution in [-0.4, -0.2) is 43.7 Å². The normalized spacial score (nSPS) is 10.7. The molecule has 1 aromatic heterocycles. The number of hydrogen-bond donors (Lipinski definition) is 1. The van der Waals surface area contributed by atoms with Gasteiger partial charge in [0.2, 0.25) is 5.91 Å². The van der Waals surface area contributed by atoms with E-state index in [9.17, 15) is 19.7 Å². The molecule has 3 aromatic rings. The number of aryl methyl sites for hydroxylation is 2. The Labute approximate surface area is 189 Å². The Balaban J connectivity index is 1.78. The summed E-state index contributed by atoms with van der Waals surface area (Å²) in [5.74, 6) is 0.478. The molecule has 0 atom stereocenters. The first-order chi connectivity index (χ1) is 15.3. The quantitative estimate of drug-likeness (QED) is 0.164. The van der Waals surface area contributed by atoms with Crippen molar-refractivity contribution in [2.75, 3.05) is 12.3 Å². The van der Waals surface area contributed by atoms with Crippen LogP contribution in [0.5, 0.6) is 0 Å². The Bertz CT molecular complexity index is 1130. The van der Waals surface area contributed by atoms with Crippen molar-refractivity contribution < 1.29 is 14.5 Å². The Hall–Kier alpha value is -3.53. The number of aromatic nitrogens is 3. The summed E-state index contributed by atoms with van der Waals surface area (Å²) in [6, 6.07) is 13.6. The van der Waals surface area contributed by atoms with Crippen molar-refractivity contribution >= 4 is 29.1 Å². The minimum absolute atomic E-state index is 0.0665. The Morgan fingerprint density at radius 3 is 2.59 bits per heavy atom. The Morgan fingerprint density at radius 2 is 1.91 bits per heavy atom. The molecule has 0 unspecified atom stereocenters. The summed E-state index contributed by atoms with van der Waals surface area (Å²) < 4.78 is 1.90. The number of carbonyl (C=O) groups excluding carboxylic acids is 2. The SMILES string of the molecule is CC(=O)NCCCc1nnc(SCC(=O)c2cccc([N+](=O)[O-])c2)n1-c1ccc(C)cc1. The zero-order valence-electron chi connectivity index (χ0n) is 17.8. The van der Waals surface area contributed by atoms with Gasteiger partial charge in [0, 0.05) is 43.3 Å². The van der Waals surface area contributed by atoms with Gasteiger partial charge in [-0.1, -0.05) is 41.6 Å². The van der Waals surface area contributed by atoms with Crippen LogP contribution in [0.2, 0.25) is 0 Å². The van der Waals surface area contributed by atoms with E-state index >= 15 is 0 Å². The van der Waals surface area contributed by atoms with E-state index < -0.39 is 4.92 Å². The maximum Gasteiger partial charge on any atom is 0.270 e. The van der Waals surface area contributed by atoms with Gasteiger partial charge in [-0.3, -0.25) is 24.3 Å². The topological polar surface area (TPSA) is 120 Å². The van der Waals surface area contributed by atoms with Crippen molar-refractivity contribution in [3.63, 3.8) is 0 Å². The summed E-state index contributed by atoms with van der Waals surface area (Å²) in [6.45, 7) is 4.00. The van der Waals surface area contributed by atoms with Gasteiger partial charge in [-0.05, 0) is 25.5 Å². The number of nitrogens with one attached hydrogen (secondary N) is 1. The number of Topliss-reactive ketones (excluding diaryl/α,β-unsaturated/α-hetero) is 1. The average Bonchev–Trinajstić information content (AvgIpc) is 3.18. The third kappa shape index (κ3) is 6.01. The monoisotopic (exact) mass is 453 g/mol. The fourth-order valence-corrected chi connectivity index (χ4v) is 3.89. The molecule has 0 aliphatic heterocycles. The Kier molecular flexibility index (Phi) is 7.72. The number of nitrogens with zero attached hydrogens (tertiary/aromatic N) is 4. The summed E-state index contributed by atoms with van der Waals surface area (Å²) in [5, 5.41) is 22.9. The lowest BCUT2D eigenvalue weighted by atomic mass is 10.1. The van der Waals surface area contributed by atoms with Crippen LogP contribution in [0.1, 0.15) is 35.1 Å². The number of thioether (sulfide) groups is 1. The molecule has 0 radical (unpaired) electrons. The lowest BCUT2D eigenvalue weighted by Crippen LogP contribution is -2.21. The highest BCUT2D eigenvalue weighted by atomic mass is 32.2. The summed E-state index contributed by atoms with van der Waals surface area (Å²) in [5.41, 5.74) is 2.15. The lowest BCUT2D eigenvalue weighted by molar-refractivity contribution is -0.384. The van der Waals surface area contributed by atoms with Crippen molar-refractivity contribution in [1.82, 2.24) is 20.1 Å². The molecule has 0 bridgehead atoms. The molecule has 2 aromatic carbocycles. The first kappa shape index (κ1) is 23.1. The number of rotatable bonds is 10. The maximum absolute atomic E-state index is 12.6. The largest absolute Gasteiger partial charge is 0.356 e. The molecular formula is C22H23N5O4S. The number of hydrogen-bond acceptors (Lipinski definition) is 7. The van der Waals surface area contributed by atoms with Crippen LogP contribution < -0.4 is 5.32 Å². The maximum atomic E-state index is 12.6. The van der Waals surface area contributed by atoms with Crippen LogP contribution in [0.25, 0.3) is 5.69 Å². The molecule has 0 saturated carbocycles. The van der Waals surface area contributed by atoms with Crippen LogP contribution in [-0.2, 0) is 11.2 Å². The number of benzene rings is 2. The molecule has 32 heavy (non-hydrogen) atoms. The van der Waals surface area contributed by atoms with Crippen LogP contribution in [0.4, 0.5) is 5.69 Å². The van der Waals surface area contributed by atoms with Gasteiger partial charge in [-0.25, -0.2) is 0 Å². The van der Waals surface area contributed by atoms with E-state index in [1.807, 2.05) is 35.8 Å². The third-order valence-electron chi connectivity index (χ3n) is 4.65. The first-order valence-corrected chi connectivity index (χ1v) is 11.0. The lowest BCUT2D eigenvalue weighted by Gasteiger charge is -2.11. The minimum atomic E-state index is -0.523. The zero-order valence-corrected chi connectivity index (χ0v) is 18.6. The molecule has 0 saturated heterocycles. The number of non-ortho nitro benzene ring substituents is 1. The van der Waals surface area contributed by atoms with Gasteiger partial charge in [0.25, 0.3) is 5.69 Å². The van der Waals surface area contributed by atoms with E-state index in [1.54, 1.807) is 6.07 Å². The molecule has 10 heteroatoms. The van der Waals surface area contributed by atoms with Crippen molar-refractivity contribution in [2.45, 2.75) is 31.8 Å². The van der Waals surface area contributed by atoms with Crippen LogP contribution >= 0.6 is 11.8 Å². The molecule has 0 spiro atoms. The van der Waals surface area contributed by atoms with Gasteiger partial charge in [0.05, 0.1) is 10.7 Å². The van der Waals surface area contributed by atoms with Crippen molar-refractivity contribution in [1.29, 1.82) is 0 Å². The van der Waals surface area contributed by atoms with E-state index in [2.05, 4.69) is 15.5 Å². The van der Waals surface area contributed by atoms with E-state index in [-0.39, 0.29) is 28.7 Å². The molecule has 0 aliphatic carbocycles. The van der Waals surface area contributed by atoms with E-state index in [1.165, 1.54) is 36.9 Å². The van der Waals surface area contributed by atoms with Gasteiger partial charge in [-0.15, -0.1) is 10.2 Å². The van der Waals surface area contributed by atoms with Gasteiger partial charge in [0.15, 0.2) is 10.9 Å². The van der Waals surface area contributed by atoms with E-state index in [0.717, 1.165) is 17.1 Å². The van der Waals surface area contributed by atoms with Crippen molar-refractivity contribution in [2.24, 2.45) is 0 Å². The van der Waals surface area contributed by atoms with Crippen molar-refractivity contribution in [3.05, 3.63) is 75.6 Å². The predicted octanol–water partition coefficient (Wildman–Crippen LogP) is 3.53. The molecule has 9 nitrogen and oxygen atoms in total. The number of ketones is 1. The smallest absolute Gasteiger partial charge is 0.270 e. The molecule has 3 rings (SSSR count). The van der Waals surface area contributed by atoms with E-state index in [0.29, 0.717) is 24.5 Å². The van der Waals surface area contributed by atoms with Gasteiger partial charge in [-0.2, -0.15) is 0 Å². The second-order valence-electron chi connectivity index (χ2n) is 7.18. The molecular weight excluding hydrogens is 430 g/mol. The first-order valence-electron chi connectivity index (χ1n) is 10.0. The molecule has 0 aliphatic rings. The van der Waals surface area contributed by atoms with Crippen LogP contribution in [0.15, 0.2) is 53.7 Å². The molecule has 1 N–H and O–H groups in total. The van der Waals surface area contributed by atoms with Crippen LogP contribution in [0.3, 0.4) is 0 Å². The second kappa shape index (κ2) is 10.7. The highest BCUT2D eigenvalue weighted by Gasteiger charge is 2.17. The zero-order chi connectivity index (χ0) is 23.1. The number of nitro groups is 1.